The highest BCUT2D eigenvalue weighted by Crippen LogP contribution is 2.32. The minimum atomic E-state index is -4.78. The molecule has 6 aromatic rings. The first-order valence-electron chi connectivity index (χ1n) is 21.7. The van der Waals surface area contributed by atoms with E-state index in [1.165, 1.54) is 18.2 Å². The molecule has 0 unspecified atom stereocenters. The van der Waals surface area contributed by atoms with Crippen LogP contribution in [0.2, 0.25) is 0 Å². The molecule has 372 valence electrons. The van der Waals surface area contributed by atoms with Gasteiger partial charge in [-0.3, -0.25) is 4.55 Å². The fraction of sp³-hybridized carbons (Fsp3) is 0.273. The van der Waals surface area contributed by atoms with Crippen molar-refractivity contribution in [3.05, 3.63) is 108 Å². The first kappa shape index (κ1) is 52.7. The van der Waals surface area contributed by atoms with Gasteiger partial charge in [0.1, 0.15) is 4.90 Å². The molecule has 70 heavy (non-hydrogen) atoms. The van der Waals surface area contributed by atoms with E-state index < -0.39 is 15.0 Å². The lowest BCUT2D eigenvalue weighted by molar-refractivity contribution is -0.432. The number of hydrogen-bond donors (Lipinski definition) is 10. The Kier molecular flexibility index (Phi) is 21.6. The monoisotopic (exact) mass is 1000 g/mol. The molecule has 0 aliphatic heterocycles. The van der Waals surface area contributed by atoms with E-state index in [2.05, 4.69) is 66.8 Å². The fourth-order valence-electron chi connectivity index (χ4n) is 6.00. The van der Waals surface area contributed by atoms with Crippen LogP contribution in [0.25, 0.3) is 12.2 Å². The number of hydrogen-bond acceptors (Lipinski definition) is 24. The van der Waals surface area contributed by atoms with Crippen LogP contribution >= 0.6 is 12.0 Å². The molecule has 0 saturated carbocycles. The molecule has 2 heterocycles. The summed E-state index contributed by atoms with van der Waals surface area (Å²) in [7, 11) is -4.78. The van der Waals surface area contributed by atoms with Crippen molar-refractivity contribution >= 4 is 92.8 Å². The molecule has 0 bridgehead atoms. The summed E-state index contributed by atoms with van der Waals surface area (Å²) in [5.74, 6) is 1.16. The van der Waals surface area contributed by atoms with Gasteiger partial charge in [-0.1, -0.05) is 65.7 Å². The van der Waals surface area contributed by atoms with Crippen LogP contribution in [0.3, 0.4) is 0 Å². The van der Waals surface area contributed by atoms with Crippen molar-refractivity contribution in [3.8, 4) is 0 Å². The summed E-state index contributed by atoms with van der Waals surface area (Å²) >= 11 is 0.670. The molecular weight excluding hydrogens is 949 g/mol. The second kappa shape index (κ2) is 28.7. The van der Waals surface area contributed by atoms with Crippen molar-refractivity contribution in [3.63, 3.8) is 0 Å². The Morgan fingerprint density at radius 1 is 0.514 bits per heavy atom. The van der Waals surface area contributed by atoms with E-state index in [-0.39, 0.29) is 46.9 Å². The molecule has 0 saturated heterocycles. The Bertz CT molecular complexity index is 2670. The number of benzene rings is 4. The van der Waals surface area contributed by atoms with Gasteiger partial charge in [-0.05, 0) is 59.7 Å². The maximum atomic E-state index is 12.8. The summed E-state index contributed by atoms with van der Waals surface area (Å²) in [4.78, 5) is 27.0. The molecule has 4 aromatic carbocycles. The maximum Gasteiger partial charge on any atom is 0.295 e. The molecule has 2 aromatic heterocycles. The van der Waals surface area contributed by atoms with Crippen molar-refractivity contribution in [1.29, 1.82) is 0 Å². The van der Waals surface area contributed by atoms with Crippen molar-refractivity contribution in [2.24, 2.45) is 11.5 Å². The number of aromatic nitrogens is 6. The van der Waals surface area contributed by atoms with Crippen molar-refractivity contribution in [2.45, 2.75) is 9.79 Å². The smallest absolute Gasteiger partial charge is 0.295 e. The molecule has 12 N–H and O–H groups in total. The number of nitrogens with one attached hydrogen (secondary N) is 6. The average molecular weight is 1000 g/mol. The normalized spacial score (nSPS) is 11.4. The molecule has 6 rings (SSSR count). The van der Waals surface area contributed by atoms with Crippen LogP contribution < -0.4 is 43.4 Å². The summed E-state index contributed by atoms with van der Waals surface area (Å²) in [6, 6.07) is 28.0. The molecular formula is C44H54N14O10S2. The third kappa shape index (κ3) is 18.3. The van der Waals surface area contributed by atoms with E-state index >= 15 is 0 Å². The van der Waals surface area contributed by atoms with Gasteiger partial charge in [0.25, 0.3) is 10.1 Å². The van der Waals surface area contributed by atoms with E-state index in [1.54, 1.807) is 30.3 Å². The van der Waals surface area contributed by atoms with E-state index in [0.717, 1.165) is 5.69 Å². The molecule has 24 nitrogen and oxygen atoms in total. The average Bonchev–Trinajstić information content (AvgIpc) is 3.35. The number of rotatable bonds is 32. The highest BCUT2D eigenvalue weighted by molar-refractivity contribution is 7.94. The number of para-hydroxylation sites is 2. The van der Waals surface area contributed by atoms with E-state index in [1.807, 2.05) is 60.7 Å². The molecule has 26 heteroatoms. The van der Waals surface area contributed by atoms with Crippen LogP contribution in [0.4, 0.5) is 58.4 Å². The Hall–Kier alpha value is -6.66. The first-order valence-corrected chi connectivity index (χ1v) is 23.8. The zero-order chi connectivity index (χ0) is 49.2. The largest absolute Gasteiger partial charge is 0.378 e. The molecule has 0 amide bonds. The van der Waals surface area contributed by atoms with Crippen LogP contribution in [-0.4, -0.2) is 127 Å². The second-order valence-corrected chi connectivity index (χ2v) is 16.4. The van der Waals surface area contributed by atoms with Crippen LogP contribution in [-0.2, 0) is 38.4 Å². The van der Waals surface area contributed by atoms with Crippen LogP contribution in [0.5, 0.6) is 0 Å². The molecule has 0 atom stereocenters. The van der Waals surface area contributed by atoms with E-state index in [4.69, 9.17) is 40.0 Å². The van der Waals surface area contributed by atoms with Crippen molar-refractivity contribution < 1.29 is 46.5 Å². The third-order valence-corrected chi connectivity index (χ3v) is 10.6. The topological polar surface area (TPSA) is 332 Å². The van der Waals surface area contributed by atoms with Gasteiger partial charge in [0, 0.05) is 53.8 Å². The molecule has 0 aliphatic carbocycles. The SMILES string of the molecule is NCCOCCOCCNc1nc(Nc2ccccc2)nc(Nc2ccc(C=Cc3ccc(Nc4nc(NCCOCCOCCN)nc(Nc5ccccc5)n4)cc3S(=O)(=O)O)c(SOOO)c2)n1. The zero-order valence-electron chi connectivity index (χ0n) is 37.7. The number of ether oxygens (including phenoxy) is 4. The van der Waals surface area contributed by atoms with Crippen molar-refractivity contribution in [1.82, 2.24) is 29.9 Å². The zero-order valence-corrected chi connectivity index (χ0v) is 39.3. The van der Waals surface area contributed by atoms with Gasteiger partial charge in [0.15, 0.2) is 0 Å². The fourth-order valence-corrected chi connectivity index (χ4v) is 7.22. The lowest BCUT2D eigenvalue weighted by Crippen LogP contribution is -2.16. The Morgan fingerprint density at radius 2 is 0.929 bits per heavy atom. The standard InChI is InChI=1S/C44H54N14O10S2/c45-17-21-63-25-27-65-23-19-47-39-53-41(49-33-7-3-1-4-8-33)57-43(55-39)51-35-15-13-31(37(29-35)69-68-67-59)11-12-32-14-16-36(30-38(32)70(60,61)62)52-44-56-40(48-20-24-66-28-26-64-22-18-46)54-42(58-44)50-34-9-5-2-6-10-34/h1-16,29-30,59H,17-28,45-46H2,(H,60,61,62)(H3,47,49,51,53,55,57)(H3,48,50,52,54,56,58). The van der Waals surface area contributed by atoms with E-state index in [0.29, 0.717) is 113 Å². The summed E-state index contributed by atoms with van der Waals surface area (Å²) in [6.45, 7) is 4.82. The van der Waals surface area contributed by atoms with Gasteiger partial charge in [-0.2, -0.15) is 38.3 Å². The predicted octanol–water partition coefficient (Wildman–Crippen LogP) is 5.68. The Morgan fingerprint density at radius 3 is 1.39 bits per heavy atom. The molecule has 0 aliphatic rings. The van der Waals surface area contributed by atoms with Gasteiger partial charge in [0.2, 0.25) is 35.7 Å². The second-order valence-electron chi connectivity index (χ2n) is 14.3. The number of nitrogens with two attached hydrogens (primary N) is 2. The lowest BCUT2D eigenvalue weighted by Gasteiger charge is -2.13. The third-order valence-electron chi connectivity index (χ3n) is 9.07. The van der Waals surface area contributed by atoms with Gasteiger partial charge in [-0.15, -0.1) is 4.33 Å². The van der Waals surface area contributed by atoms with Crippen LogP contribution in [0.15, 0.2) is 107 Å². The summed E-state index contributed by atoms with van der Waals surface area (Å²) in [6.07, 6.45) is 3.08. The quantitative estimate of drug-likeness (QED) is 0.00606. The highest BCUT2D eigenvalue weighted by atomic mass is 32.2. The van der Waals surface area contributed by atoms with Gasteiger partial charge in [0.05, 0.1) is 64.9 Å². The predicted molar refractivity (Wildman–Crippen MR) is 266 cm³/mol. The molecule has 0 spiro atoms. The highest BCUT2D eigenvalue weighted by Gasteiger charge is 2.17. The summed E-state index contributed by atoms with van der Waals surface area (Å²) in [5, 5.41) is 31.7. The Labute approximate surface area is 408 Å². The van der Waals surface area contributed by atoms with Gasteiger partial charge < -0.3 is 62.3 Å². The summed E-state index contributed by atoms with van der Waals surface area (Å²) in [5.41, 5.74) is 13.7. The van der Waals surface area contributed by atoms with Crippen LogP contribution in [0.1, 0.15) is 11.1 Å². The van der Waals surface area contributed by atoms with E-state index in [9.17, 15) is 13.0 Å². The lowest BCUT2D eigenvalue weighted by atomic mass is 10.1. The minimum absolute atomic E-state index is 0.0669. The maximum absolute atomic E-state index is 12.8. The van der Waals surface area contributed by atoms with Gasteiger partial charge >= 0.3 is 0 Å². The minimum Gasteiger partial charge on any atom is -0.378 e. The van der Waals surface area contributed by atoms with Crippen LogP contribution in [0, 0.1) is 0 Å². The Balaban J connectivity index is 1.19. The van der Waals surface area contributed by atoms with Gasteiger partial charge in [-0.25, -0.2) is 5.26 Å². The number of nitrogens with zero attached hydrogens (tertiary/aromatic N) is 6. The van der Waals surface area contributed by atoms with Crippen molar-refractivity contribution in [2.75, 3.05) is 111 Å². The first-order chi connectivity index (χ1) is 34.2. The summed E-state index contributed by atoms with van der Waals surface area (Å²) < 4.78 is 62.7. The number of anilines is 10. The molecule has 0 radical (unpaired) electrons. The molecule has 0 fully saturated rings.